The number of carbonyl (C=O) groups excluding carboxylic acids is 1. The van der Waals surface area contributed by atoms with Gasteiger partial charge in [0, 0.05) is 32.0 Å². The Morgan fingerprint density at radius 1 is 1.24 bits per heavy atom. The summed E-state index contributed by atoms with van der Waals surface area (Å²) in [5.74, 6) is 3.94. The van der Waals surface area contributed by atoms with Gasteiger partial charge in [0.25, 0.3) is 5.91 Å². The van der Waals surface area contributed by atoms with Gasteiger partial charge in [0.1, 0.15) is 18.2 Å². The van der Waals surface area contributed by atoms with Crippen molar-refractivity contribution >= 4 is 17.4 Å². The van der Waals surface area contributed by atoms with Crippen molar-refractivity contribution in [3.05, 3.63) is 48.2 Å². The molecule has 5 heteroatoms. The first kappa shape index (κ1) is 16.8. The van der Waals surface area contributed by atoms with Crippen molar-refractivity contribution in [1.82, 2.24) is 4.98 Å². The molecule has 1 amide bonds. The number of anilines is 2. The molecule has 0 bridgehead atoms. The smallest absolute Gasteiger partial charge is 0.259 e. The lowest BCUT2D eigenvalue weighted by Gasteiger charge is -2.19. The van der Waals surface area contributed by atoms with Crippen LogP contribution in [0.3, 0.4) is 0 Å². The van der Waals surface area contributed by atoms with E-state index in [-0.39, 0.29) is 12.5 Å². The molecule has 1 aromatic heterocycles. The summed E-state index contributed by atoms with van der Waals surface area (Å²) >= 11 is 0. The van der Waals surface area contributed by atoms with Crippen molar-refractivity contribution in [2.75, 3.05) is 36.5 Å². The minimum absolute atomic E-state index is 0.0993. The Labute approximate surface area is 148 Å². The van der Waals surface area contributed by atoms with E-state index in [1.165, 1.54) is 12.8 Å². The highest BCUT2D eigenvalue weighted by Gasteiger charge is 2.17. The van der Waals surface area contributed by atoms with Crippen molar-refractivity contribution in [2.45, 2.75) is 12.8 Å². The molecular formula is C20H21N3O2. The molecule has 1 aromatic carbocycles. The third kappa shape index (κ3) is 3.92. The second kappa shape index (κ2) is 7.71. The molecular weight excluding hydrogens is 314 g/mol. The first-order chi connectivity index (χ1) is 12.2. The highest BCUT2D eigenvalue weighted by molar-refractivity contribution is 6.05. The summed E-state index contributed by atoms with van der Waals surface area (Å²) < 4.78 is 5.34. The average molecular weight is 335 g/mol. The summed E-state index contributed by atoms with van der Waals surface area (Å²) in [5.41, 5.74) is 1.35. The zero-order chi connectivity index (χ0) is 17.6. The van der Waals surface area contributed by atoms with Crippen LogP contribution in [-0.4, -0.2) is 37.6 Å². The maximum atomic E-state index is 12.6. The molecule has 1 fully saturated rings. The van der Waals surface area contributed by atoms with Crippen LogP contribution in [0.15, 0.2) is 42.6 Å². The summed E-state index contributed by atoms with van der Waals surface area (Å²) in [4.78, 5) is 20.9. The van der Waals surface area contributed by atoms with E-state index in [4.69, 9.17) is 11.2 Å². The van der Waals surface area contributed by atoms with Gasteiger partial charge >= 0.3 is 0 Å². The number of aromatic nitrogens is 1. The summed E-state index contributed by atoms with van der Waals surface area (Å²) in [6, 6.07) is 11.0. The second-order valence-electron chi connectivity index (χ2n) is 5.95. The second-order valence-corrected chi connectivity index (χ2v) is 5.95. The van der Waals surface area contributed by atoms with Crippen molar-refractivity contribution in [3.8, 4) is 18.1 Å². The number of carbonyl (C=O) groups is 1. The Bertz CT molecular complexity index is 757. The van der Waals surface area contributed by atoms with Crippen LogP contribution >= 0.6 is 0 Å². The van der Waals surface area contributed by atoms with Crippen molar-refractivity contribution < 1.29 is 9.53 Å². The third-order valence-electron chi connectivity index (χ3n) is 4.28. The summed E-state index contributed by atoms with van der Waals surface area (Å²) in [7, 11) is 1.74. The fraction of sp³-hybridized carbons (Fsp3) is 0.300. The van der Waals surface area contributed by atoms with Crippen molar-refractivity contribution in [2.24, 2.45) is 0 Å². The van der Waals surface area contributed by atoms with Crippen LogP contribution in [0.25, 0.3) is 0 Å². The maximum Gasteiger partial charge on any atom is 0.259 e. The lowest BCUT2D eigenvalue weighted by atomic mass is 10.2. The van der Waals surface area contributed by atoms with Crippen LogP contribution in [0.1, 0.15) is 23.2 Å². The summed E-state index contributed by atoms with van der Waals surface area (Å²) in [6.45, 7) is 2.30. The molecule has 3 rings (SSSR count). The van der Waals surface area contributed by atoms with Crippen LogP contribution in [0.5, 0.6) is 5.75 Å². The standard InChI is InChI=1S/C20H21N3O2/c1-3-14-25-18-9-7-17(8-10-18)22(2)20(24)16-6-11-19(21-15-16)23-12-4-5-13-23/h1,6-11,15H,4-5,12-14H2,2H3. The topological polar surface area (TPSA) is 45.7 Å². The minimum atomic E-state index is -0.0993. The van der Waals surface area contributed by atoms with Gasteiger partial charge in [-0.15, -0.1) is 6.42 Å². The van der Waals surface area contributed by atoms with Gasteiger partial charge in [-0.2, -0.15) is 0 Å². The number of nitrogens with zero attached hydrogens (tertiary/aromatic N) is 3. The van der Waals surface area contributed by atoms with Gasteiger partial charge in [-0.1, -0.05) is 5.92 Å². The first-order valence-electron chi connectivity index (χ1n) is 8.34. The van der Waals surface area contributed by atoms with Crippen LogP contribution in [0.2, 0.25) is 0 Å². The summed E-state index contributed by atoms with van der Waals surface area (Å²) in [6.07, 6.45) is 9.22. The lowest BCUT2D eigenvalue weighted by molar-refractivity contribution is 0.0992. The van der Waals surface area contributed by atoms with E-state index in [1.807, 2.05) is 24.3 Å². The fourth-order valence-electron chi connectivity index (χ4n) is 2.85. The van der Waals surface area contributed by atoms with Gasteiger partial charge in [0.15, 0.2) is 0 Å². The Balaban J connectivity index is 1.68. The highest BCUT2D eigenvalue weighted by atomic mass is 16.5. The highest BCUT2D eigenvalue weighted by Crippen LogP contribution is 2.21. The quantitative estimate of drug-likeness (QED) is 0.788. The first-order valence-corrected chi connectivity index (χ1v) is 8.34. The molecule has 2 heterocycles. The summed E-state index contributed by atoms with van der Waals surface area (Å²) in [5, 5.41) is 0. The zero-order valence-corrected chi connectivity index (χ0v) is 14.3. The molecule has 0 radical (unpaired) electrons. The molecule has 1 aliphatic rings. The number of amides is 1. The predicted molar refractivity (Wildman–Crippen MR) is 99.2 cm³/mol. The predicted octanol–water partition coefficient (Wildman–Crippen LogP) is 2.97. The molecule has 0 atom stereocenters. The number of ether oxygens (including phenoxy) is 1. The van der Waals surface area contributed by atoms with Gasteiger partial charge < -0.3 is 14.5 Å². The number of pyridine rings is 1. The fourth-order valence-corrected chi connectivity index (χ4v) is 2.85. The van der Waals surface area contributed by atoms with Gasteiger partial charge in [-0.05, 0) is 49.2 Å². The molecule has 0 saturated carbocycles. The third-order valence-corrected chi connectivity index (χ3v) is 4.28. The number of terminal acetylenes is 1. The monoisotopic (exact) mass is 335 g/mol. The number of hydrogen-bond donors (Lipinski definition) is 0. The molecule has 0 spiro atoms. The molecule has 1 aliphatic heterocycles. The SMILES string of the molecule is C#CCOc1ccc(N(C)C(=O)c2ccc(N3CCCC3)nc2)cc1. The molecule has 128 valence electrons. The Morgan fingerprint density at radius 2 is 1.96 bits per heavy atom. The van der Waals surface area contributed by atoms with E-state index < -0.39 is 0 Å². The van der Waals surface area contributed by atoms with E-state index in [2.05, 4.69) is 15.8 Å². The Kier molecular flexibility index (Phi) is 5.20. The molecule has 0 unspecified atom stereocenters. The molecule has 5 nitrogen and oxygen atoms in total. The van der Waals surface area contributed by atoms with E-state index in [0.717, 1.165) is 24.6 Å². The van der Waals surface area contributed by atoms with E-state index in [1.54, 1.807) is 30.3 Å². The largest absolute Gasteiger partial charge is 0.481 e. The van der Waals surface area contributed by atoms with Crippen molar-refractivity contribution in [3.63, 3.8) is 0 Å². The zero-order valence-electron chi connectivity index (χ0n) is 14.3. The average Bonchev–Trinajstić information content (AvgIpc) is 3.20. The van der Waals surface area contributed by atoms with Crippen LogP contribution < -0.4 is 14.5 Å². The number of hydrogen-bond acceptors (Lipinski definition) is 4. The lowest BCUT2D eigenvalue weighted by Crippen LogP contribution is -2.26. The van der Waals surface area contributed by atoms with Gasteiger partial charge in [-0.25, -0.2) is 4.98 Å². The normalized spacial score (nSPS) is 13.4. The van der Waals surface area contributed by atoms with Crippen LogP contribution in [-0.2, 0) is 0 Å². The molecule has 0 aliphatic carbocycles. The Morgan fingerprint density at radius 3 is 2.56 bits per heavy atom. The van der Waals surface area contributed by atoms with Crippen molar-refractivity contribution in [1.29, 1.82) is 0 Å². The Hall–Kier alpha value is -3.00. The number of rotatable bonds is 5. The molecule has 0 N–H and O–H groups in total. The minimum Gasteiger partial charge on any atom is -0.481 e. The maximum absolute atomic E-state index is 12.6. The van der Waals surface area contributed by atoms with Gasteiger partial charge in [-0.3, -0.25) is 4.79 Å². The van der Waals surface area contributed by atoms with E-state index in [9.17, 15) is 4.79 Å². The van der Waals surface area contributed by atoms with E-state index in [0.29, 0.717) is 11.3 Å². The number of benzene rings is 1. The molecule has 25 heavy (non-hydrogen) atoms. The molecule has 1 saturated heterocycles. The molecule has 2 aromatic rings. The van der Waals surface area contributed by atoms with Crippen LogP contribution in [0, 0.1) is 12.3 Å². The van der Waals surface area contributed by atoms with Crippen LogP contribution in [0.4, 0.5) is 11.5 Å². The van der Waals surface area contributed by atoms with Gasteiger partial charge in [0.05, 0.1) is 5.56 Å². The van der Waals surface area contributed by atoms with Gasteiger partial charge in [0.2, 0.25) is 0 Å². The van der Waals surface area contributed by atoms with E-state index >= 15 is 0 Å².